The van der Waals surface area contributed by atoms with E-state index in [9.17, 15) is 24.9 Å². The van der Waals surface area contributed by atoms with Crippen LogP contribution in [0.1, 0.15) is 19.4 Å². The van der Waals surface area contributed by atoms with Gasteiger partial charge in [-0.25, -0.2) is 4.79 Å². The van der Waals surface area contributed by atoms with Gasteiger partial charge in [-0.2, -0.15) is 0 Å². The van der Waals surface area contributed by atoms with Crippen LogP contribution in [0.4, 0.5) is 0 Å². The van der Waals surface area contributed by atoms with E-state index in [4.69, 9.17) is 10.5 Å². The standard InChI is InChI=1S/C16H23NO6/c1-10(2)13(14(18)19)16(22,15(20)21)9-11-3-5-12(6-4-11)23-8-7-17/h3-6,10,13,22H,7-9,17H2,1-2H3,(H,18,19)(H,20,21). The van der Waals surface area contributed by atoms with Gasteiger partial charge in [0.1, 0.15) is 12.4 Å². The molecule has 0 saturated carbocycles. The van der Waals surface area contributed by atoms with Gasteiger partial charge in [0.2, 0.25) is 0 Å². The second-order valence-corrected chi connectivity index (χ2v) is 5.75. The van der Waals surface area contributed by atoms with Crippen molar-refractivity contribution in [3.63, 3.8) is 0 Å². The predicted octanol–water partition coefficient (Wildman–Crippen LogP) is 0.739. The van der Waals surface area contributed by atoms with Crippen molar-refractivity contribution in [1.82, 2.24) is 0 Å². The van der Waals surface area contributed by atoms with Crippen molar-refractivity contribution in [2.24, 2.45) is 17.6 Å². The highest BCUT2D eigenvalue weighted by Gasteiger charge is 2.49. The van der Waals surface area contributed by atoms with Crippen LogP contribution in [0.2, 0.25) is 0 Å². The minimum Gasteiger partial charge on any atom is -0.492 e. The zero-order valence-corrected chi connectivity index (χ0v) is 13.2. The Bertz CT molecular complexity index is 542. The van der Waals surface area contributed by atoms with Crippen LogP contribution in [0, 0.1) is 11.8 Å². The van der Waals surface area contributed by atoms with Crippen molar-refractivity contribution in [3.8, 4) is 5.75 Å². The van der Waals surface area contributed by atoms with Crippen LogP contribution in [-0.2, 0) is 16.0 Å². The third-order valence-corrected chi connectivity index (χ3v) is 3.60. The van der Waals surface area contributed by atoms with E-state index in [0.717, 1.165) is 0 Å². The number of carboxylic acid groups (broad SMARTS) is 2. The van der Waals surface area contributed by atoms with E-state index in [1.807, 2.05) is 0 Å². The molecule has 0 aliphatic rings. The maximum atomic E-state index is 11.5. The summed E-state index contributed by atoms with van der Waals surface area (Å²) in [5, 5.41) is 29.2. The highest BCUT2D eigenvalue weighted by Crippen LogP contribution is 2.30. The largest absolute Gasteiger partial charge is 0.492 e. The molecule has 5 N–H and O–H groups in total. The minimum absolute atomic E-state index is 0.311. The molecule has 1 rings (SSSR count). The first-order valence-electron chi connectivity index (χ1n) is 7.32. The van der Waals surface area contributed by atoms with E-state index >= 15 is 0 Å². The Hall–Kier alpha value is -2.12. The zero-order chi connectivity index (χ0) is 17.6. The lowest BCUT2D eigenvalue weighted by molar-refractivity contribution is -0.177. The predicted molar refractivity (Wildman–Crippen MR) is 83.2 cm³/mol. The maximum absolute atomic E-state index is 11.5. The molecule has 0 aliphatic carbocycles. The normalized spacial score (nSPS) is 15.0. The third kappa shape index (κ3) is 4.67. The number of carbonyl (C=O) groups is 2. The molecular weight excluding hydrogens is 302 g/mol. The van der Waals surface area contributed by atoms with Crippen molar-refractivity contribution in [1.29, 1.82) is 0 Å². The van der Waals surface area contributed by atoms with E-state index in [2.05, 4.69) is 0 Å². The fraction of sp³-hybridized carbons (Fsp3) is 0.500. The number of hydrogen-bond donors (Lipinski definition) is 4. The molecule has 7 nitrogen and oxygen atoms in total. The van der Waals surface area contributed by atoms with Crippen LogP contribution < -0.4 is 10.5 Å². The van der Waals surface area contributed by atoms with Gasteiger partial charge in [-0.05, 0) is 23.6 Å². The molecule has 7 heteroatoms. The summed E-state index contributed by atoms with van der Waals surface area (Å²) in [7, 11) is 0. The number of benzene rings is 1. The lowest BCUT2D eigenvalue weighted by atomic mass is 9.76. The average Bonchev–Trinajstić information content (AvgIpc) is 2.45. The average molecular weight is 325 g/mol. The van der Waals surface area contributed by atoms with Crippen LogP contribution in [0.3, 0.4) is 0 Å². The molecule has 0 saturated heterocycles. The van der Waals surface area contributed by atoms with Gasteiger partial charge in [-0.15, -0.1) is 0 Å². The number of ether oxygens (including phenoxy) is 1. The molecule has 23 heavy (non-hydrogen) atoms. The van der Waals surface area contributed by atoms with Crippen LogP contribution >= 0.6 is 0 Å². The molecule has 0 bridgehead atoms. The van der Waals surface area contributed by atoms with E-state index in [1.165, 1.54) is 0 Å². The van der Waals surface area contributed by atoms with E-state index in [1.54, 1.807) is 38.1 Å². The second kappa shape index (κ2) is 7.94. The molecule has 2 unspecified atom stereocenters. The Balaban J connectivity index is 3.03. The van der Waals surface area contributed by atoms with Crippen molar-refractivity contribution in [3.05, 3.63) is 29.8 Å². The first-order chi connectivity index (χ1) is 10.7. The lowest BCUT2D eigenvalue weighted by Crippen LogP contribution is -2.53. The first kappa shape index (κ1) is 18.9. The molecule has 0 fully saturated rings. The Labute approximate surface area is 134 Å². The molecule has 1 aromatic carbocycles. The Morgan fingerprint density at radius 3 is 2.17 bits per heavy atom. The second-order valence-electron chi connectivity index (χ2n) is 5.75. The quantitative estimate of drug-likeness (QED) is 0.527. The van der Waals surface area contributed by atoms with Gasteiger partial charge < -0.3 is 25.8 Å². The summed E-state index contributed by atoms with van der Waals surface area (Å²) in [6.45, 7) is 3.86. The number of carboxylic acids is 2. The summed E-state index contributed by atoms with van der Waals surface area (Å²) in [5.41, 5.74) is 3.45. The Morgan fingerprint density at radius 1 is 1.22 bits per heavy atom. The Kier molecular flexibility index (Phi) is 6.53. The SMILES string of the molecule is CC(C)C(C(=O)O)C(O)(Cc1ccc(OCCN)cc1)C(=O)O. The Morgan fingerprint density at radius 2 is 1.78 bits per heavy atom. The fourth-order valence-electron chi connectivity index (χ4n) is 2.55. The summed E-state index contributed by atoms with van der Waals surface area (Å²) in [6, 6.07) is 6.44. The molecule has 0 heterocycles. The monoisotopic (exact) mass is 325 g/mol. The van der Waals surface area contributed by atoms with Gasteiger partial charge >= 0.3 is 11.9 Å². The summed E-state index contributed by atoms with van der Waals surface area (Å²) in [6.07, 6.45) is -0.311. The number of aliphatic hydroxyl groups is 1. The zero-order valence-electron chi connectivity index (χ0n) is 13.2. The molecule has 0 radical (unpaired) electrons. The van der Waals surface area contributed by atoms with Crippen LogP contribution in [0.15, 0.2) is 24.3 Å². The lowest BCUT2D eigenvalue weighted by Gasteiger charge is -2.32. The fourth-order valence-corrected chi connectivity index (χ4v) is 2.55. The highest BCUT2D eigenvalue weighted by molar-refractivity contribution is 5.86. The molecular formula is C16H23NO6. The smallest absolute Gasteiger partial charge is 0.336 e. The number of rotatable bonds is 9. The van der Waals surface area contributed by atoms with Gasteiger partial charge in [0.05, 0.1) is 5.92 Å². The van der Waals surface area contributed by atoms with Gasteiger partial charge in [-0.3, -0.25) is 4.79 Å². The number of hydrogen-bond acceptors (Lipinski definition) is 5. The van der Waals surface area contributed by atoms with E-state index in [-0.39, 0.29) is 6.42 Å². The van der Waals surface area contributed by atoms with Crippen molar-refractivity contribution >= 4 is 11.9 Å². The molecule has 2 atom stereocenters. The van der Waals surface area contributed by atoms with Crippen molar-refractivity contribution in [2.45, 2.75) is 25.9 Å². The first-order valence-corrected chi connectivity index (χ1v) is 7.32. The van der Waals surface area contributed by atoms with Gasteiger partial charge in [0.15, 0.2) is 5.60 Å². The van der Waals surface area contributed by atoms with Crippen molar-refractivity contribution < 1.29 is 29.6 Å². The topological polar surface area (TPSA) is 130 Å². The molecule has 0 spiro atoms. The summed E-state index contributed by atoms with van der Waals surface area (Å²) in [5.74, 6) is -4.29. The highest BCUT2D eigenvalue weighted by atomic mass is 16.5. The molecule has 0 amide bonds. The molecule has 0 aliphatic heterocycles. The van der Waals surface area contributed by atoms with E-state index in [0.29, 0.717) is 24.5 Å². The van der Waals surface area contributed by atoms with Gasteiger partial charge in [0.25, 0.3) is 0 Å². The molecule has 1 aromatic rings. The van der Waals surface area contributed by atoms with Crippen molar-refractivity contribution in [2.75, 3.05) is 13.2 Å². The maximum Gasteiger partial charge on any atom is 0.336 e. The number of aliphatic carboxylic acids is 2. The van der Waals surface area contributed by atoms with Crippen LogP contribution in [0.5, 0.6) is 5.75 Å². The number of nitrogens with two attached hydrogens (primary N) is 1. The van der Waals surface area contributed by atoms with Crippen LogP contribution in [0.25, 0.3) is 0 Å². The summed E-state index contributed by atoms with van der Waals surface area (Å²) in [4.78, 5) is 22.9. The minimum atomic E-state index is -2.39. The van der Waals surface area contributed by atoms with E-state index < -0.39 is 29.4 Å². The van der Waals surface area contributed by atoms with Gasteiger partial charge in [0, 0.05) is 13.0 Å². The molecule has 128 valence electrons. The van der Waals surface area contributed by atoms with Crippen LogP contribution in [-0.4, -0.2) is 46.0 Å². The van der Waals surface area contributed by atoms with Gasteiger partial charge in [-0.1, -0.05) is 26.0 Å². The molecule has 0 aromatic heterocycles. The third-order valence-electron chi connectivity index (χ3n) is 3.60. The summed E-state index contributed by atoms with van der Waals surface area (Å²) >= 11 is 0. The summed E-state index contributed by atoms with van der Waals surface area (Å²) < 4.78 is 5.31.